The molecule has 0 heterocycles. The van der Waals surface area contributed by atoms with Crippen molar-refractivity contribution < 1.29 is 4.39 Å². The first kappa shape index (κ1) is 11.7. The van der Waals surface area contributed by atoms with E-state index in [1.54, 1.807) is 6.07 Å². The van der Waals surface area contributed by atoms with Gasteiger partial charge in [0, 0.05) is 5.02 Å². The summed E-state index contributed by atoms with van der Waals surface area (Å²) in [6.45, 7) is 0. The molecule has 0 atom stereocenters. The molecule has 0 radical (unpaired) electrons. The monoisotopic (exact) mass is 280 g/mol. The Morgan fingerprint density at radius 2 is 1.15 bits per heavy atom. The normalized spacial score (nSPS) is 11.5. The van der Waals surface area contributed by atoms with Crippen molar-refractivity contribution in [1.82, 2.24) is 0 Å². The molecule has 0 saturated heterocycles. The van der Waals surface area contributed by atoms with Crippen molar-refractivity contribution in [3.8, 4) is 0 Å². The lowest BCUT2D eigenvalue weighted by Crippen LogP contribution is -1.84. The molecule has 0 amide bonds. The molecular formula is C18H10ClF. The summed E-state index contributed by atoms with van der Waals surface area (Å²) in [5.74, 6) is -0.218. The summed E-state index contributed by atoms with van der Waals surface area (Å²) in [4.78, 5) is 0. The first-order valence-corrected chi connectivity index (χ1v) is 6.81. The highest BCUT2D eigenvalue weighted by Gasteiger charge is 2.09. The van der Waals surface area contributed by atoms with Crippen LogP contribution in [-0.2, 0) is 0 Å². The number of benzene rings is 4. The Hall–Kier alpha value is -2.12. The van der Waals surface area contributed by atoms with Crippen LogP contribution < -0.4 is 0 Å². The zero-order valence-corrected chi connectivity index (χ0v) is 11.3. The van der Waals surface area contributed by atoms with Gasteiger partial charge in [-0.15, -0.1) is 0 Å². The first-order chi connectivity index (χ1) is 9.74. The van der Waals surface area contributed by atoms with Crippen molar-refractivity contribution >= 4 is 43.9 Å². The number of rotatable bonds is 0. The van der Waals surface area contributed by atoms with Crippen LogP contribution >= 0.6 is 11.6 Å². The van der Waals surface area contributed by atoms with E-state index in [-0.39, 0.29) is 5.82 Å². The highest BCUT2D eigenvalue weighted by atomic mass is 35.5. The Bertz CT molecular complexity index is 935. The minimum Gasteiger partial charge on any atom is -0.207 e. The molecule has 2 heteroatoms. The fourth-order valence-electron chi connectivity index (χ4n) is 2.90. The van der Waals surface area contributed by atoms with Gasteiger partial charge in [-0.05, 0) is 56.6 Å². The zero-order valence-electron chi connectivity index (χ0n) is 10.5. The van der Waals surface area contributed by atoms with Crippen molar-refractivity contribution in [2.24, 2.45) is 0 Å². The Balaban J connectivity index is 2.40. The number of hydrogen-bond donors (Lipinski definition) is 0. The molecule has 0 aliphatic carbocycles. The largest absolute Gasteiger partial charge is 0.207 e. The average molecular weight is 281 g/mol. The standard InChI is InChI=1S/C18H10ClF/c19-11-5-7-16-17(9-11)14-4-2-1-3-13(14)15-8-6-12(20)10-18(15)16/h1-10H. The molecule has 0 aliphatic heterocycles. The maximum absolute atomic E-state index is 13.6. The second-order valence-electron chi connectivity index (χ2n) is 4.93. The summed E-state index contributed by atoms with van der Waals surface area (Å²) in [6.07, 6.45) is 0. The summed E-state index contributed by atoms with van der Waals surface area (Å²) in [5, 5.41) is 7.04. The average Bonchev–Trinajstić information content (AvgIpc) is 2.47. The number of halogens is 2. The van der Waals surface area contributed by atoms with Gasteiger partial charge in [-0.1, -0.05) is 48.0 Å². The summed E-state index contributed by atoms with van der Waals surface area (Å²) in [6, 6.07) is 18.9. The molecule has 96 valence electrons. The lowest BCUT2D eigenvalue weighted by atomic mass is 9.94. The van der Waals surface area contributed by atoms with Gasteiger partial charge in [-0.2, -0.15) is 0 Å². The van der Waals surface area contributed by atoms with Crippen LogP contribution in [0.3, 0.4) is 0 Å². The van der Waals surface area contributed by atoms with Gasteiger partial charge in [-0.3, -0.25) is 0 Å². The molecule has 0 unspecified atom stereocenters. The van der Waals surface area contributed by atoms with Crippen LogP contribution in [0.5, 0.6) is 0 Å². The van der Waals surface area contributed by atoms with Gasteiger partial charge >= 0.3 is 0 Å². The molecule has 0 spiro atoms. The van der Waals surface area contributed by atoms with E-state index in [0.29, 0.717) is 5.02 Å². The molecule has 4 aromatic carbocycles. The molecule has 0 nitrogen and oxygen atoms in total. The van der Waals surface area contributed by atoms with Gasteiger partial charge in [0.05, 0.1) is 0 Å². The Morgan fingerprint density at radius 3 is 1.95 bits per heavy atom. The summed E-state index contributed by atoms with van der Waals surface area (Å²) in [7, 11) is 0. The van der Waals surface area contributed by atoms with Gasteiger partial charge in [0.25, 0.3) is 0 Å². The fourth-order valence-corrected chi connectivity index (χ4v) is 3.07. The molecule has 0 bridgehead atoms. The zero-order chi connectivity index (χ0) is 13.7. The van der Waals surface area contributed by atoms with Crippen molar-refractivity contribution in [2.75, 3.05) is 0 Å². The molecule has 0 aromatic heterocycles. The summed E-state index contributed by atoms with van der Waals surface area (Å²) in [5.41, 5.74) is 0. The highest BCUT2D eigenvalue weighted by Crippen LogP contribution is 2.36. The fraction of sp³-hybridized carbons (Fsp3) is 0. The first-order valence-electron chi connectivity index (χ1n) is 6.43. The van der Waals surface area contributed by atoms with Gasteiger partial charge in [0.2, 0.25) is 0 Å². The molecule has 4 rings (SSSR count). The molecule has 0 N–H and O–H groups in total. The second kappa shape index (κ2) is 4.19. The van der Waals surface area contributed by atoms with Crippen molar-refractivity contribution in [2.45, 2.75) is 0 Å². The van der Waals surface area contributed by atoms with E-state index in [0.717, 1.165) is 32.3 Å². The Morgan fingerprint density at radius 1 is 0.600 bits per heavy atom. The van der Waals surface area contributed by atoms with Gasteiger partial charge in [0.1, 0.15) is 5.82 Å². The van der Waals surface area contributed by atoms with Crippen LogP contribution in [0, 0.1) is 5.82 Å². The van der Waals surface area contributed by atoms with E-state index in [2.05, 4.69) is 12.1 Å². The third kappa shape index (κ3) is 1.60. The Kier molecular flexibility index (Phi) is 2.45. The summed E-state index contributed by atoms with van der Waals surface area (Å²) < 4.78 is 13.6. The maximum Gasteiger partial charge on any atom is 0.123 e. The second-order valence-corrected chi connectivity index (χ2v) is 5.36. The van der Waals surface area contributed by atoms with E-state index in [4.69, 9.17) is 11.6 Å². The highest BCUT2D eigenvalue weighted by molar-refractivity contribution is 6.33. The van der Waals surface area contributed by atoms with E-state index in [1.165, 1.54) is 6.07 Å². The van der Waals surface area contributed by atoms with Crippen LogP contribution in [0.1, 0.15) is 0 Å². The predicted octanol–water partition coefficient (Wildman–Crippen LogP) is 5.94. The van der Waals surface area contributed by atoms with Crippen molar-refractivity contribution in [3.63, 3.8) is 0 Å². The Labute approximate surface area is 120 Å². The minimum atomic E-state index is -0.218. The van der Waals surface area contributed by atoms with Crippen LogP contribution in [0.2, 0.25) is 5.02 Å². The van der Waals surface area contributed by atoms with Crippen LogP contribution in [0.15, 0.2) is 60.7 Å². The molecule has 20 heavy (non-hydrogen) atoms. The predicted molar refractivity (Wildman–Crippen MR) is 83.9 cm³/mol. The van der Waals surface area contributed by atoms with Crippen molar-refractivity contribution in [3.05, 3.63) is 71.5 Å². The third-order valence-electron chi connectivity index (χ3n) is 3.76. The van der Waals surface area contributed by atoms with E-state index < -0.39 is 0 Å². The van der Waals surface area contributed by atoms with Gasteiger partial charge in [0.15, 0.2) is 0 Å². The van der Waals surface area contributed by atoms with E-state index in [1.807, 2.05) is 36.4 Å². The SMILES string of the molecule is Fc1ccc2c3ccccc3c3cc(Cl)ccc3c2c1. The molecule has 0 fully saturated rings. The van der Waals surface area contributed by atoms with Crippen molar-refractivity contribution in [1.29, 1.82) is 0 Å². The number of fused-ring (bicyclic) bond motifs is 6. The molecular weight excluding hydrogens is 271 g/mol. The summed E-state index contributed by atoms with van der Waals surface area (Å²) >= 11 is 6.13. The maximum atomic E-state index is 13.6. The lowest BCUT2D eigenvalue weighted by molar-refractivity contribution is 0.630. The lowest BCUT2D eigenvalue weighted by Gasteiger charge is -2.10. The molecule has 0 aliphatic rings. The van der Waals surface area contributed by atoms with Crippen LogP contribution in [-0.4, -0.2) is 0 Å². The molecule has 4 aromatic rings. The van der Waals surface area contributed by atoms with Gasteiger partial charge in [-0.25, -0.2) is 4.39 Å². The van der Waals surface area contributed by atoms with Gasteiger partial charge < -0.3 is 0 Å². The number of hydrogen-bond acceptors (Lipinski definition) is 0. The van der Waals surface area contributed by atoms with Crippen LogP contribution in [0.25, 0.3) is 32.3 Å². The minimum absolute atomic E-state index is 0.218. The molecule has 0 saturated carbocycles. The third-order valence-corrected chi connectivity index (χ3v) is 4.00. The topological polar surface area (TPSA) is 0 Å². The van der Waals surface area contributed by atoms with E-state index >= 15 is 0 Å². The van der Waals surface area contributed by atoms with E-state index in [9.17, 15) is 4.39 Å². The van der Waals surface area contributed by atoms with Crippen LogP contribution in [0.4, 0.5) is 4.39 Å². The smallest absolute Gasteiger partial charge is 0.123 e. The quantitative estimate of drug-likeness (QED) is 0.350.